The molecular weight excluding hydrogens is 298 g/mol. The zero-order valence-electron chi connectivity index (χ0n) is 11.4. The van der Waals surface area contributed by atoms with Crippen LogP contribution in [0.5, 0.6) is 0 Å². The second-order valence-corrected chi connectivity index (χ2v) is 5.13. The quantitative estimate of drug-likeness (QED) is 0.730. The van der Waals surface area contributed by atoms with E-state index in [9.17, 15) is 8.78 Å². The van der Waals surface area contributed by atoms with E-state index >= 15 is 0 Å². The van der Waals surface area contributed by atoms with Gasteiger partial charge in [0, 0.05) is 12.1 Å². The molecule has 0 aliphatic rings. The number of aryl methyl sites for hydroxylation is 2. The van der Waals surface area contributed by atoms with Gasteiger partial charge in [0.25, 0.3) is 0 Å². The van der Waals surface area contributed by atoms with Gasteiger partial charge in [-0.1, -0.05) is 17.7 Å². The van der Waals surface area contributed by atoms with Crippen molar-refractivity contribution in [2.24, 2.45) is 0 Å². The van der Waals surface area contributed by atoms with Crippen molar-refractivity contribution >= 4 is 17.2 Å². The van der Waals surface area contributed by atoms with Crippen molar-refractivity contribution in [3.8, 4) is 0 Å². The zero-order chi connectivity index (χ0) is 15.1. The van der Waals surface area contributed by atoms with Crippen molar-refractivity contribution in [3.05, 3.63) is 57.8 Å². The predicted molar refractivity (Wildman–Crippen MR) is 74.4 cm³/mol. The minimum Gasteiger partial charge on any atom is -0.279 e. The first-order valence-corrected chi connectivity index (χ1v) is 6.66. The normalized spacial score (nSPS) is 11.3. The van der Waals surface area contributed by atoms with Crippen LogP contribution in [0.25, 0.3) is 5.65 Å². The molecule has 7 heteroatoms. The van der Waals surface area contributed by atoms with Gasteiger partial charge < -0.3 is 0 Å². The molecule has 0 radical (unpaired) electrons. The lowest BCUT2D eigenvalue weighted by Crippen LogP contribution is -2.04. The Hall–Kier alpha value is -2.08. The third-order valence-electron chi connectivity index (χ3n) is 3.39. The molecule has 1 aromatic carbocycles. The van der Waals surface area contributed by atoms with Gasteiger partial charge >= 0.3 is 0 Å². The van der Waals surface area contributed by atoms with Crippen LogP contribution < -0.4 is 0 Å². The maximum absolute atomic E-state index is 13.3. The number of benzene rings is 1. The minimum atomic E-state index is -0.881. The fraction of sp³-hybridized carbons (Fsp3) is 0.214. The van der Waals surface area contributed by atoms with Gasteiger partial charge in [0.2, 0.25) is 0 Å². The van der Waals surface area contributed by atoms with E-state index in [4.69, 9.17) is 11.6 Å². The van der Waals surface area contributed by atoms with Gasteiger partial charge in [0.15, 0.2) is 22.4 Å². The number of hydrogen-bond donors (Lipinski definition) is 0. The summed E-state index contributed by atoms with van der Waals surface area (Å²) in [6.07, 6.45) is 0.318. The van der Waals surface area contributed by atoms with E-state index in [0.29, 0.717) is 23.5 Å². The molecule has 0 amide bonds. The highest BCUT2D eigenvalue weighted by atomic mass is 35.5. The van der Waals surface area contributed by atoms with Crippen LogP contribution in [-0.2, 0) is 6.42 Å². The van der Waals surface area contributed by atoms with Crippen LogP contribution in [0.4, 0.5) is 8.78 Å². The molecule has 108 valence electrons. The average Bonchev–Trinajstić information content (AvgIpc) is 2.85. The molecule has 0 bridgehead atoms. The van der Waals surface area contributed by atoms with Crippen molar-refractivity contribution in [1.29, 1.82) is 0 Å². The first kappa shape index (κ1) is 13.9. The molecule has 3 aromatic rings. The molecule has 0 aliphatic heterocycles. The Morgan fingerprint density at radius 1 is 1.14 bits per heavy atom. The van der Waals surface area contributed by atoms with Gasteiger partial charge in [-0.05, 0) is 31.5 Å². The van der Waals surface area contributed by atoms with Crippen molar-refractivity contribution in [1.82, 2.24) is 19.6 Å². The van der Waals surface area contributed by atoms with Gasteiger partial charge in [0.1, 0.15) is 5.82 Å². The molecule has 21 heavy (non-hydrogen) atoms. The third kappa shape index (κ3) is 2.35. The molecule has 0 N–H and O–H groups in total. The summed E-state index contributed by atoms with van der Waals surface area (Å²) in [5, 5.41) is 8.35. The molecule has 2 heterocycles. The molecule has 0 spiro atoms. The lowest BCUT2D eigenvalue weighted by atomic mass is 10.1. The van der Waals surface area contributed by atoms with Crippen LogP contribution in [0, 0.1) is 25.5 Å². The first-order valence-electron chi connectivity index (χ1n) is 6.28. The van der Waals surface area contributed by atoms with E-state index in [1.54, 1.807) is 4.40 Å². The van der Waals surface area contributed by atoms with Gasteiger partial charge in [-0.3, -0.25) is 4.40 Å². The summed E-state index contributed by atoms with van der Waals surface area (Å²) in [5.74, 6) is -1.15. The summed E-state index contributed by atoms with van der Waals surface area (Å²) in [4.78, 5) is 4.18. The Kier molecular flexibility index (Phi) is 3.33. The van der Waals surface area contributed by atoms with Crippen molar-refractivity contribution in [2.45, 2.75) is 20.3 Å². The topological polar surface area (TPSA) is 43.1 Å². The summed E-state index contributed by atoms with van der Waals surface area (Å²) in [6.45, 7) is 3.71. The number of halogens is 3. The summed E-state index contributed by atoms with van der Waals surface area (Å²) >= 11 is 6.05. The first-order chi connectivity index (χ1) is 9.97. The summed E-state index contributed by atoms with van der Waals surface area (Å²) in [5.41, 5.74) is 2.68. The Morgan fingerprint density at radius 2 is 1.90 bits per heavy atom. The second kappa shape index (κ2) is 5.04. The maximum atomic E-state index is 13.3. The summed E-state index contributed by atoms with van der Waals surface area (Å²) in [7, 11) is 0. The molecule has 4 nitrogen and oxygen atoms in total. The van der Waals surface area contributed by atoms with E-state index in [1.165, 1.54) is 6.07 Å². The van der Waals surface area contributed by atoms with Gasteiger partial charge in [0.05, 0.1) is 5.69 Å². The van der Waals surface area contributed by atoms with Crippen molar-refractivity contribution < 1.29 is 8.78 Å². The standard InChI is InChI=1S/C14H11ClF2N4/c1-7-8(2)21-12(19-20-14(21)13(15)18-7)6-9-3-4-10(16)11(17)5-9/h3-5H,6H2,1-2H3. The molecule has 0 saturated carbocycles. The monoisotopic (exact) mass is 308 g/mol. The van der Waals surface area contributed by atoms with E-state index < -0.39 is 11.6 Å². The number of nitrogens with zero attached hydrogens (tertiary/aromatic N) is 4. The van der Waals surface area contributed by atoms with Gasteiger partial charge in [-0.25, -0.2) is 13.8 Å². The zero-order valence-corrected chi connectivity index (χ0v) is 12.1. The number of aromatic nitrogens is 4. The molecule has 0 unspecified atom stereocenters. The SMILES string of the molecule is Cc1nc(Cl)c2nnc(Cc3ccc(F)c(F)c3)n2c1C. The van der Waals surface area contributed by atoms with Crippen LogP contribution >= 0.6 is 11.6 Å². The van der Waals surface area contributed by atoms with Gasteiger partial charge in [-0.15, -0.1) is 10.2 Å². The second-order valence-electron chi connectivity index (χ2n) is 4.77. The largest absolute Gasteiger partial charge is 0.279 e. The third-order valence-corrected chi connectivity index (χ3v) is 3.64. The fourth-order valence-electron chi connectivity index (χ4n) is 2.19. The lowest BCUT2D eigenvalue weighted by molar-refractivity contribution is 0.507. The maximum Gasteiger partial charge on any atom is 0.198 e. The molecule has 2 aromatic heterocycles. The summed E-state index contributed by atoms with van der Waals surface area (Å²) in [6, 6.07) is 3.77. The van der Waals surface area contributed by atoms with Crippen molar-refractivity contribution in [3.63, 3.8) is 0 Å². The van der Waals surface area contributed by atoms with E-state index in [-0.39, 0.29) is 5.15 Å². The Balaban J connectivity index is 2.11. The Morgan fingerprint density at radius 3 is 2.62 bits per heavy atom. The Bertz CT molecular complexity index is 845. The van der Waals surface area contributed by atoms with E-state index in [0.717, 1.165) is 23.5 Å². The number of rotatable bonds is 2. The fourth-order valence-corrected chi connectivity index (χ4v) is 2.44. The number of fused-ring (bicyclic) bond motifs is 1. The molecule has 0 aliphatic carbocycles. The lowest BCUT2D eigenvalue weighted by Gasteiger charge is -2.07. The smallest absolute Gasteiger partial charge is 0.198 e. The molecule has 3 rings (SSSR count). The predicted octanol–water partition coefficient (Wildman–Crippen LogP) is 3.26. The highest BCUT2D eigenvalue weighted by molar-refractivity contribution is 6.32. The van der Waals surface area contributed by atoms with Crippen LogP contribution in [0.15, 0.2) is 18.2 Å². The van der Waals surface area contributed by atoms with E-state index in [2.05, 4.69) is 15.2 Å². The Labute approximate surface area is 124 Å². The molecular formula is C14H11ClF2N4. The minimum absolute atomic E-state index is 0.266. The van der Waals surface area contributed by atoms with E-state index in [1.807, 2.05) is 13.8 Å². The highest BCUT2D eigenvalue weighted by Gasteiger charge is 2.15. The highest BCUT2D eigenvalue weighted by Crippen LogP contribution is 2.20. The molecule has 0 fully saturated rings. The van der Waals surface area contributed by atoms with Crippen LogP contribution in [0.3, 0.4) is 0 Å². The van der Waals surface area contributed by atoms with Crippen LogP contribution in [0.2, 0.25) is 5.15 Å². The van der Waals surface area contributed by atoms with Crippen LogP contribution in [-0.4, -0.2) is 19.6 Å². The molecule has 0 atom stereocenters. The van der Waals surface area contributed by atoms with Crippen molar-refractivity contribution in [2.75, 3.05) is 0 Å². The summed E-state index contributed by atoms with van der Waals surface area (Å²) < 4.78 is 28.0. The average molecular weight is 309 g/mol. The van der Waals surface area contributed by atoms with Gasteiger partial charge in [-0.2, -0.15) is 0 Å². The van der Waals surface area contributed by atoms with Crippen LogP contribution in [0.1, 0.15) is 22.8 Å². The molecule has 0 saturated heterocycles. The number of hydrogen-bond acceptors (Lipinski definition) is 3.